The lowest BCUT2D eigenvalue weighted by molar-refractivity contribution is 0.0751. The highest BCUT2D eigenvalue weighted by Crippen LogP contribution is 2.33. The molecule has 3 aromatic rings. The van der Waals surface area contributed by atoms with Crippen molar-refractivity contribution >= 4 is 15.7 Å². The van der Waals surface area contributed by atoms with Gasteiger partial charge in [-0.3, -0.25) is 4.79 Å². The zero-order valence-corrected chi connectivity index (χ0v) is 23.4. The average Bonchev–Trinajstić information content (AvgIpc) is 3.39. The van der Waals surface area contributed by atoms with Gasteiger partial charge in [-0.1, -0.05) is 36.4 Å². The Morgan fingerprint density at radius 3 is 2.27 bits per heavy atom. The molecule has 0 saturated heterocycles. The zero-order chi connectivity index (χ0) is 28.3. The van der Waals surface area contributed by atoms with E-state index in [1.165, 1.54) is 34.9 Å². The Bertz CT molecular complexity index is 1420. The average molecular weight is 565 g/mol. The van der Waals surface area contributed by atoms with Crippen molar-refractivity contribution in [1.82, 2.24) is 10.2 Å². The highest BCUT2D eigenvalue weighted by molar-refractivity contribution is 7.90. The lowest BCUT2D eigenvalue weighted by Crippen LogP contribution is -2.39. The van der Waals surface area contributed by atoms with Crippen LogP contribution in [-0.4, -0.2) is 61.0 Å². The van der Waals surface area contributed by atoms with Crippen LogP contribution in [0.4, 0.5) is 0 Å². The number of rotatable bonds is 9. The molecule has 1 fully saturated rings. The molecule has 8 nitrogen and oxygen atoms in total. The van der Waals surface area contributed by atoms with Crippen LogP contribution in [0.5, 0.6) is 11.5 Å². The lowest BCUT2D eigenvalue weighted by Gasteiger charge is -2.30. The largest absolute Gasteiger partial charge is 0.507 e. The van der Waals surface area contributed by atoms with Gasteiger partial charge in [0.05, 0.1) is 0 Å². The third-order valence-corrected chi connectivity index (χ3v) is 9.03. The fraction of sp³-hybridized carbons (Fsp3) is 0.387. The number of carbonyl (C=O) groups excluding carboxylic acids is 1. The number of benzene rings is 3. The van der Waals surface area contributed by atoms with E-state index >= 15 is 0 Å². The number of phenolic OH excluding ortho intramolecular Hbond substituents is 1. The Morgan fingerprint density at radius 2 is 1.65 bits per heavy atom. The molecule has 0 spiro atoms. The van der Waals surface area contributed by atoms with Crippen LogP contribution in [0.15, 0.2) is 71.6 Å². The van der Waals surface area contributed by atoms with Gasteiger partial charge in [0, 0.05) is 43.6 Å². The van der Waals surface area contributed by atoms with Crippen LogP contribution in [0.3, 0.4) is 0 Å². The maximum atomic E-state index is 13.0. The van der Waals surface area contributed by atoms with E-state index < -0.39 is 15.9 Å². The molecule has 1 saturated carbocycles. The summed E-state index contributed by atoms with van der Waals surface area (Å²) in [5.41, 5.74) is 4.43. The highest BCUT2D eigenvalue weighted by atomic mass is 32.2. The Balaban J connectivity index is 1.05. The summed E-state index contributed by atoms with van der Waals surface area (Å²) in [6.07, 6.45) is 4.29. The van der Waals surface area contributed by atoms with Crippen molar-refractivity contribution < 1.29 is 28.2 Å². The SMILES string of the molecule is CS(=O)(=O)c1cc(OC[C@@H](O)CNC2CCC(c3ccc(C(=O)N4Cc5ccccc5C4)cc3)CC2)ccc1O. The van der Waals surface area contributed by atoms with E-state index in [0.717, 1.165) is 37.5 Å². The summed E-state index contributed by atoms with van der Waals surface area (Å²) in [4.78, 5) is 14.7. The van der Waals surface area contributed by atoms with Crippen LogP contribution < -0.4 is 10.1 Å². The van der Waals surface area contributed by atoms with Crippen molar-refractivity contribution in [1.29, 1.82) is 0 Å². The zero-order valence-electron chi connectivity index (χ0n) is 22.6. The predicted molar refractivity (Wildman–Crippen MR) is 152 cm³/mol. The van der Waals surface area contributed by atoms with Gasteiger partial charge in [-0.05, 0) is 72.6 Å². The van der Waals surface area contributed by atoms with Gasteiger partial charge in [-0.15, -0.1) is 0 Å². The maximum absolute atomic E-state index is 13.0. The van der Waals surface area contributed by atoms with Crippen molar-refractivity contribution in [2.45, 2.75) is 61.7 Å². The number of fused-ring (bicyclic) bond motifs is 1. The third-order valence-electron chi connectivity index (χ3n) is 7.90. The van der Waals surface area contributed by atoms with Gasteiger partial charge in [0.25, 0.3) is 5.91 Å². The number of phenols is 1. The van der Waals surface area contributed by atoms with Crippen molar-refractivity contribution in [3.63, 3.8) is 0 Å². The molecule has 0 aromatic heterocycles. The summed E-state index contributed by atoms with van der Waals surface area (Å²) in [6, 6.07) is 20.6. The summed E-state index contributed by atoms with van der Waals surface area (Å²) in [5, 5.41) is 23.6. The van der Waals surface area contributed by atoms with Crippen LogP contribution in [0.25, 0.3) is 0 Å². The minimum absolute atomic E-state index is 0.00487. The first-order valence-electron chi connectivity index (χ1n) is 13.7. The van der Waals surface area contributed by atoms with E-state index in [4.69, 9.17) is 4.74 Å². The van der Waals surface area contributed by atoms with Gasteiger partial charge >= 0.3 is 0 Å². The van der Waals surface area contributed by atoms with Crippen molar-refractivity contribution in [3.05, 3.63) is 89.0 Å². The van der Waals surface area contributed by atoms with Gasteiger partial charge in [-0.2, -0.15) is 0 Å². The maximum Gasteiger partial charge on any atom is 0.254 e. The predicted octanol–water partition coefficient (Wildman–Crippen LogP) is 4.01. The van der Waals surface area contributed by atoms with Crippen LogP contribution >= 0.6 is 0 Å². The Labute approximate surface area is 235 Å². The highest BCUT2D eigenvalue weighted by Gasteiger charge is 2.26. The molecule has 3 N–H and O–H groups in total. The van der Waals surface area contributed by atoms with Gasteiger partial charge in [0.1, 0.15) is 29.1 Å². The summed E-state index contributed by atoms with van der Waals surface area (Å²) in [7, 11) is -3.58. The summed E-state index contributed by atoms with van der Waals surface area (Å²) < 4.78 is 29.1. The molecular formula is C31H36N2O6S. The van der Waals surface area contributed by atoms with E-state index in [1.54, 1.807) is 0 Å². The summed E-state index contributed by atoms with van der Waals surface area (Å²) in [6.45, 7) is 1.69. The number of aromatic hydroxyl groups is 1. The van der Waals surface area contributed by atoms with Crippen LogP contribution in [0.2, 0.25) is 0 Å². The molecule has 1 atom stereocenters. The molecule has 9 heteroatoms. The first-order valence-corrected chi connectivity index (χ1v) is 15.6. The molecule has 1 amide bonds. The molecular weight excluding hydrogens is 528 g/mol. The molecule has 3 aromatic carbocycles. The smallest absolute Gasteiger partial charge is 0.254 e. The number of sulfone groups is 1. The Hall–Kier alpha value is -3.40. The van der Waals surface area contributed by atoms with Gasteiger partial charge in [-0.25, -0.2) is 8.42 Å². The topological polar surface area (TPSA) is 116 Å². The number of aliphatic hydroxyl groups excluding tert-OH is 1. The van der Waals surface area contributed by atoms with Gasteiger partial charge < -0.3 is 25.2 Å². The third kappa shape index (κ3) is 6.66. The first-order chi connectivity index (χ1) is 19.2. The molecule has 1 heterocycles. The van der Waals surface area contributed by atoms with Crippen LogP contribution in [-0.2, 0) is 22.9 Å². The fourth-order valence-electron chi connectivity index (χ4n) is 5.62. The number of carbonyl (C=O) groups is 1. The molecule has 40 heavy (non-hydrogen) atoms. The van der Waals surface area contributed by atoms with Gasteiger partial charge in [0.15, 0.2) is 9.84 Å². The molecule has 212 valence electrons. The molecule has 0 bridgehead atoms. The lowest BCUT2D eigenvalue weighted by atomic mass is 9.81. The van der Waals surface area contributed by atoms with E-state index in [-0.39, 0.29) is 28.9 Å². The molecule has 0 unspecified atom stereocenters. The first kappa shape index (κ1) is 28.1. The van der Waals surface area contributed by atoms with E-state index in [0.29, 0.717) is 31.6 Å². The molecule has 1 aliphatic carbocycles. The molecule has 1 aliphatic heterocycles. The van der Waals surface area contributed by atoms with E-state index in [1.807, 2.05) is 29.2 Å². The number of nitrogens with zero attached hydrogens (tertiary/aromatic N) is 1. The van der Waals surface area contributed by atoms with Crippen molar-refractivity contribution in [3.8, 4) is 11.5 Å². The van der Waals surface area contributed by atoms with Crippen LogP contribution in [0, 0.1) is 0 Å². The van der Waals surface area contributed by atoms with Crippen molar-refractivity contribution in [2.24, 2.45) is 0 Å². The molecule has 0 radical (unpaired) electrons. The quantitative estimate of drug-likeness (QED) is 0.360. The fourth-order valence-corrected chi connectivity index (χ4v) is 6.40. The number of aliphatic hydroxyl groups is 1. The normalized spacial score (nSPS) is 19.7. The monoisotopic (exact) mass is 564 g/mol. The summed E-state index contributed by atoms with van der Waals surface area (Å²) in [5.74, 6) is 0.464. The Kier molecular flexibility index (Phi) is 8.44. The van der Waals surface area contributed by atoms with Crippen LogP contribution in [0.1, 0.15) is 58.6 Å². The number of ether oxygens (including phenoxy) is 1. The standard InChI is InChI=1S/C31H36N2O6S/c1-40(37,38)30-16-28(14-15-29(30)35)39-20-27(34)17-32-26-12-10-22(11-13-26)21-6-8-23(9-7-21)31(36)33-18-24-4-2-3-5-25(24)19-33/h2-9,14-16,22,26-27,32,34-35H,10-13,17-20H2,1H3/t22?,26?,27-/m0/s1. The number of amides is 1. The number of nitrogens with one attached hydrogen (secondary N) is 1. The minimum atomic E-state index is -3.58. The summed E-state index contributed by atoms with van der Waals surface area (Å²) >= 11 is 0. The van der Waals surface area contributed by atoms with Crippen molar-refractivity contribution in [2.75, 3.05) is 19.4 Å². The minimum Gasteiger partial charge on any atom is -0.507 e. The second kappa shape index (κ2) is 12.0. The van der Waals surface area contributed by atoms with Gasteiger partial charge in [0.2, 0.25) is 0 Å². The molecule has 2 aliphatic rings. The van der Waals surface area contributed by atoms with E-state index in [2.05, 4.69) is 29.6 Å². The van der Waals surface area contributed by atoms with E-state index in [9.17, 15) is 23.4 Å². The second-order valence-corrected chi connectivity index (χ2v) is 12.9. The molecule has 5 rings (SSSR count). The Morgan fingerprint density at radius 1 is 1.00 bits per heavy atom. The number of hydrogen-bond donors (Lipinski definition) is 3. The second-order valence-electron chi connectivity index (χ2n) is 10.9. The number of hydrogen-bond acceptors (Lipinski definition) is 7.